The normalized spacial score (nSPS) is 20.5. The highest BCUT2D eigenvalue weighted by Crippen LogP contribution is 2.29. The molecule has 2 aliphatic heterocycles. The van der Waals surface area contributed by atoms with Gasteiger partial charge in [0, 0.05) is 25.6 Å². The van der Waals surface area contributed by atoms with Crippen LogP contribution in [-0.4, -0.2) is 40.5 Å². The molecular formula is C16H17N3O4. The number of hydrogen-bond acceptors (Lipinski definition) is 5. The number of pyridine rings is 1. The topological polar surface area (TPSA) is 88.4 Å². The fourth-order valence-electron chi connectivity index (χ4n) is 3.04. The molecule has 4 rings (SSSR count). The van der Waals surface area contributed by atoms with Crippen LogP contribution in [0.4, 0.5) is 0 Å². The van der Waals surface area contributed by atoms with Gasteiger partial charge in [0.2, 0.25) is 5.56 Å². The van der Waals surface area contributed by atoms with Gasteiger partial charge >= 0.3 is 0 Å². The number of aromatic nitrogens is 2. The van der Waals surface area contributed by atoms with Crippen LogP contribution < -0.4 is 5.56 Å². The quantitative estimate of drug-likeness (QED) is 0.895. The van der Waals surface area contributed by atoms with E-state index in [1.165, 1.54) is 6.07 Å². The first kappa shape index (κ1) is 14.2. The summed E-state index contributed by atoms with van der Waals surface area (Å²) in [6.45, 7) is 2.34. The van der Waals surface area contributed by atoms with Gasteiger partial charge in [0.25, 0.3) is 5.91 Å². The Morgan fingerprint density at radius 3 is 3.09 bits per heavy atom. The summed E-state index contributed by atoms with van der Waals surface area (Å²) in [4.78, 5) is 32.7. The minimum Gasteiger partial charge on any atom is -0.445 e. The molecule has 0 spiro atoms. The van der Waals surface area contributed by atoms with E-state index in [0.29, 0.717) is 31.8 Å². The molecule has 23 heavy (non-hydrogen) atoms. The summed E-state index contributed by atoms with van der Waals surface area (Å²) in [6.07, 6.45) is 1.56. The lowest BCUT2D eigenvalue weighted by Gasteiger charge is -2.25. The Hall–Kier alpha value is -2.41. The summed E-state index contributed by atoms with van der Waals surface area (Å²) in [5, 5.41) is 0. The zero-order valence-electron chi connectivity index (χ0n) is 12.6. The summed E-state index contributed by atoms with van der Waals surface area (Å²) < 4.78 is 11.2. The molecule has 120 valence electrons. The van der Waals surface area contributed by atoms with Gasteiger partial charge in [0.15, 0.2) is 5.89 Å². The maximum atomic E-state index is 12.5. The number of H-pyrrole nitrogens is 1. The number of aromatic amines is 1. The van der Waals surface area contributed by atoms with E-state index in [2.05, 4.69) is 9.97 Å². The number of rotatable bonds is 2. The fraction of sp³-hybridized carbons (Fsp3) is 0.438. The molecule has 1 unspecified atom stereocenters. The average molecular weight is 315 g/mol. The van der Waals surface area contributed by atoms with E-state index in [4.69, 9.17) is 9.15 Å². The maximum Gasteiger partial charge on any atom is 0.270 e. The molecule has 2 aromatic rings. The van der Waals surface area contributed by atoms with Crippen molar-refractivity contribution in [2.75, 3.05) is 19.8 Å². The Bertz CT molecular complexity index is 789. The van der Waals surface area contributed by atoms with Crippen molar-refractivity contribution in [1.29, 1.82) is 0 Å². The summed E-state index contributed by atoms with van der Waals surface area (Å²) >= 11 is 0. The second-order valence-electron chi connectivity index (χ2n) is 5.89. The van der Waals surface area contributed by atoms with Crippen LogP contribution >= 0.6 is 0 Å². The van der Waals surface area contributed by atoms with Crippen molar-refractivity contribution in [3.63, 3.8) is 0 Å². The van der Waals surface area contributed by atoms with Gasteiger partial charge in [-0.05, 0) is 12.5 Å². The predicted octanol–water partition coefficient (Wildman–Crippen LogP) is 1.07. The van der Waals surface area contributed by atoms with E-state index in [9.17, 15) is 9.59 Å². The van der Waals surface area contributed by atoms with Crippen molar-refractivity contribution in [3.05, 3.63) is 51.6 Å². The fourth-order valence-corrected chi connectivity index (χ4v) is 3.04. The lowest BCUT2D eigenvalue weighted by Crippen LogP contribution is -2.36. The second-order valence-corrected chi connectivity index (χ2v) is 5.89. The van der Waals surface area contributed by atoms with Gasteiger partial charge in [-0.25, -0.2) is 4.98 Å². The summed E-state index contributed by atoms with van der Waals surface area (Å²) in [7, 11) is 0. The summed E-state index contributed by atoms with van der Waals surface area (Å²) in [5.41, 5.74) is 0.831. The Morgan fingerprint density at radius 1 is 1.39 bits per heavy atom. The minimum atomic E-state index is -0.279. The molecule has 4 heterocycles. The highest BCUT2D eigenvalue weighted by atomic mass is 16.5. The first-order valence-corrected chi connectivity index (χ1v) is 7.75. The average Bonchev–Trinajstić information content (AvgIpc) is 3.22. The van der Waals surface area contributed by atoms with Crippen LogP contribution in [0.2, 0.25) is 0 Å². The number of oxazole rings is 1. The van der Waals surface area contributed by atoms with Gasteiger partial charge in [-0.2, -0.15) is 0 Å². The van der Waals surface area contributed by atoms with Crippen molar-refractivity contribution in [2.24, 2.45) is 0 Å². The van der Waals surface area contributed by atoms with Gasteiger partial charge in [-0.15, -0.1) is 0 Å². The maximum absolute atomic E-state index is 12.5. The van der Waals surface area contributed by atoms with Crippen molar-refractivity contribution < 1.29 is 13.9 Å². The first-order valence-electron chi connectivity index (χ1n) is 7.75. The molecule has 0 saturated carbocycles. The molecule has 2 aliphatic rings. The number of fused-ring (bicyclic) bond motifs is 1. The molecule has 0 radical (unpaired) electrons. The highest BCUT2D eigenvalue weighted by Gasteiger charge is 2.29. The first-order chi connectivity index (χ1) is 11.2. The standard InChI is InChI=1S/C16H17N3O4/c20-14-3-1-2-11(17-14)16(21)19-6-4-13-12(8-19)18-15(23-13)10-5-7-22-9-10/h1-3,10H,4-9H2,(H,17,20). The lowest BCUT2D eigenvalue weighted by molar-refractivity contribution is 0.0721. The van der Waals surface area contributed by atoms with E-state index in [0.717, 1.165) is 30.4 Å². The van der Waals surface area contributed by atoms with E-state index < -0.39 is 0 Å². The largest absolute Gasteiger partial charge is 0.445 e. The van der Waals surface area contributed by atoms with Gasteiger partial charge in [-0.3, -0.25) is 9.59 Å². The Kier molecular flexibility index (Phi) is 3.49. The van der Waals surface area contributed by atoms with E-state index in [1.54, 1.807) is 17.0 Å². The molecule has 7 heteroatoms. The van der Waals surface area contributed by atoms with Crippen LogP contribution in [-0.2, 0) is 17.7 Å². The van der Waals surface area contributed by atoms with E-state index in [-0.39, 0.29) is 17.4 Å². The third-order valence-electron chi connectivity index (χ3n) is 4.31. The molecule has 0 aromatic carbocycles. The summed E-state index contributed by atoms with van der Waals surface area (Å²) in [5.74, 6) is 1.60. The number of carbonyl (C=O) groups excluding carboxylic acids is 1. The predicted molar refractivity (Wildman–Crippen MR) is 80.2 cm³/mol. The molecule has 1 atom stereocenters. The molecule has 1 saturated heterocycles. The Labute approximate surface area is 132 Å². The highest BCUT2D eigenvalue weighted by molar-refractivity contribution is 5.92. The molecule has 1 amide bonds. The number of ether oxygens (including phenoxy) is 1. The van der Waals surface area contributed by atoms with Crippen LogP contribution in [0.5, 0.6) is 0 Å². The SMILES string of the molecule is O=C(c1cccc(=O)[nH]1)N1CCc2oc(C3CCOC3)nc2C1. The van der Waals surface area contributed by atoms with Gasteiger partial charge in [0.05, 0.1) is 19.1 Å². The number of amides is 1. The van der Waals surface area contributed by atoms with Crippen molar-refractivity contribution in [1.82, 2.24) is 14.9 Å². The van der Waals surface area contributed by atoms with E-state index >= 15 is 0 Å². The van der Waals surface area contributed by atoms with Crippen LogP contribution in [0.25, 0.3) is 0 Å². The van der Waals surface area contributed by atoms with Gasteiger partial charge < -0.3 is 19.0 Å². The summed E-state index contributed by atoms with van der Waals surface area (Å²) in [6, 6.07) is 4.58. The monoisotopic (exact) mass is 315 g/mol. The molecule has 1 N–H and O–H groups in total. The molecular weight excluding hydrogens is 298 g/mol. The van der Waals surface area contributed by atoms with Crippen LogP contribution in [0.1, 0.15) is 40.2 Å². The zero-order valence-corrected chi connectivity index (χ0v) is 12.6. The number of nitrogens with zero attached hydrogens (tertiary/aromatic N) is 2. The smallest absolute Gasteiger partial charge is 0.270 e. The van der Waals surface area contributed by atoms with Crippen LogP contribution in [0.3, 0.4) is 0 Å². The molecule has 2 aromatic heterocycles. The number of hydrogen-bond donors (Lipinski definition) is 1. The zero-order chi connectivity index (χ0) is 15.8. The molecule has 0 bridgehead atoms. The van der Waals surface area contributed by atoms with Crippen molar-refractivity contribution in [2.45, 2.75) is 25.3 Å². The number of nitrogens with one attached hydrogen (secondary N) is 1. The van der Waals surface area contributed by atoms with Crippen LogP contribution in [0.15, 0.2) is 27.4 Å². The lowest BCUT2D eigenvalue weighted by atomic mass is 10.1. The molecule has 7 nitrogen and oxygen atoms in total. The number of carbonyl (C=O) groups is 1. The Balaban J connectivity index is 1.54. The Morgan fingerprint density at radius 2 is 2.30 bits per heavy atom. The second kappa shape index (κ2) is 5.66. The van der Waals surface area contributed by atoms with Crippen molar-refractivity contribution in [3.8, 4) is 0 Å². The van der Waals surface area contributed by atoms with Gasteiger partial charge in [-0.1, -0.05) is 6.07 Å². The minimum absolute atomic E-state index is 0.193. The van der Waals surface area contributed by atoms with E-state index in [1.807, 2.05) is 0 Å². The van der Waals surface area contributed by atoms with Crippen molar-refractivity contribution >= 4 is 5.91 Å². The molecule has 1 fully saturated rings. The third kappa shape index (κ3) is 2.68. The molecule has 0 aliphatic carbocycles. The third-order valence-corrected chi connectivity index (χ3v) is 4.31. The van der Waals surface area contributed by atoms with Gasteiger partial charge in [0.1, 0.15) is 17.1 Å². The van der Waals surface area contributed by atoms with Crippen LogP contribution in [0, 0.1) is 0 Å².